The van der Waals surface area contributed by atoms with Crippen LogP contribution < -0.4 is 4.90 Å². The van der Waals surface area contributed by atoms with Crippen molar-refractivity contribution in [2.45, 2.75) is 32.2 Å². The van der Waals surface area contributed by atoms with Crippen LogP contribution in [-0.2, 0) is 6.54 Å². The molecule has 1 aliphatic heterocycles. The van der Waals surface area contributed by atoms with E-state index in [0.29, 0.717) is 30.0 Å². The van der Waals surface area contributed by atoms with Crippen LogP contribution in [-0.4, -0.2) is 39.2 Å². The van der Waals surface area contributed by atoms with Crippen LogP contribution in [0.15, 0.2) is 40.9 Å². The molecule has 1 aromatic carbocycles. The number of likely N-dealkylation sites (tertiary alicyclic amines) is 1. The van der Waals surface area contributed by atoms with E-state index in [9.17, 15) is 18.0 Å². The van der Waals surface area contributed by atoms with Crippen LogP contribution in [0.2, 0.25) is 5.02 Å². The SMILES string of the molecule is O=C(N1CCCCC1)N(Cc1ccc(-c2nnc(C(F)F)o2)cn1)c1ccc(F)c(Cl)c1. The highest BCUT2D eigenvalue weighted by atomic mass is 35.5. The molecule has 0 aliphatic carbocycles. The van der Waals surface area contributed by atoms with Gasteiger partial charge in [-0.1, -0.05) is 11.6 Å². The van der Waals surface area contributed by atoms with Crippen LogP contribution in [0, 0.1) is 5.82 Å². The number of pyridine rings is 1. The van der Waals surface area contributed by atoms with E-state index in [2.05, 4.69) is 15.2 Å². The Morgan fingerprint density at radius 3 is 2.56 bits per heavy atom. The first kappa shape index (κ1) is 22.1. The Kier molecular flexibility index (Phi) is 6.59. The zero-order valence-electron chi connectivity index (χ0n) is 16.8. The summed E-state index contributed by atoms with van der Waals surface area (Å²) in [5, 5.41) is 6.80. The monoisotopic (exact) mass is 465 g/mol. The summed E-state index contributed by atoms with van der Waals surface area (Å²) in [6.07, 6.45) is 1.45. The highest BCUT2D eigenvalue weighted by Crippen LogP contribution is 2.27. The van der Waals surface area contributed by atoms with E-state index in [1.807, 2.05) is 0 Å². The third-order valence-electron chi connectivity index (χ3n) is 5.09. The number of benzene rings is 1. The first-order chi connectivity index (χ1) is 15.4. The zero-order valence-corrected chi connectivity index (χ0v) is 17.6. The summed E-state index contributed by atoms with van der Waals surface area (Å²) in [6.45, 7) is 1.38. The van der Waals surface area contributed by atoms with E-state index in [1.165, 1.54) is 29.3 Å². The summed E-state index contributed by atoms with van der Waals surface area (Å²) in [5.41, 5.74) is 1.33. The molecule has 32 heavy (non-hydrogen) atoms. The number of rotatable bonds is 5. The molecule has 0 spiro atoms. The van der Waals surface area contributed by atoms with Crippen molar-refractivity contribution in [1.82, 2.24) is 20.1 Å². The Morgan fingerprint density at radius 1 is 1.16 bits per heavy atom. The fraction of sp³-hybridized carbons (Fsp3) is 0.333. The second-order valence-corrected chi connectivity index (χ2v) is 7.71. The van der Waals surface area contributed by atoms with Gasteiger partial charge in [-0.3, -0.25) is 9.88 Å². The average Bonchev–Trinajstić information content (AvgIpc) is 3.31. The molecule has 7 nitrogen and oxygen atoms in total. The topological polar surface area (TPSA) is 75.4 Å². The van der Waals surface area contributed by atoms with Crippen molar-refractivity contribution in [3.8, 4) is 11.5 Å². The van der Waals surface area contributed by atoms with Gasteiger partial charge in [0.05, 0.1) is 22.8 Å². The minimum Gasteiger partial charge on any atom is -0.415 e. The minimum atomic E-state index is -2.86. The lowest BCUT2D eigenvalue weighted by Crippen LogP contribution is -2.45. The van der Waals surface area contributed by atoms with Crippen LogP contribution in [0.5, 0.6) is 0 Å². The van der Waals surface area contributed by atoms with E-state index < -0.39 is 18.1 Å². The Balaban J connectivity index is 1.58. The second-order valence-electron chi connectivity index (χ2n) is 7.30. The van der Waals surface area contributed by atoms with Crippen molar-refractivity contribution >= 4 is 23.3 Å². The van der Waals surface area contributed by atoms with Gasteiger partial charge < -0.3 is 9.32 Å². The van der Waals surface area contributed by atoms with Gasteiger partial charge in [0, 0.05) is 25.0 Å². The lowest BCUT2D eigenvalue weighted by atomic mass is 10.1. The molecular weight excluding hydrogens is 447 g/mol. The normalized spacial score (nSPS) is 14.1. The van der Waals surface area contributed by atoms with E-state index in [1.54, 1.807) is 17.0 Å². The largest absolute Gasteiger partial charge is 0.415 e. The number of hydrogen-bond donors (Lipinski definition) is 0. The maximum absolute atomic E-state index is 13.7. The molecule has 1 fully saturated rings. The van der Waals surface area contributed by atoms with Crippen molar-refractivity contribution in [3.63, 3.8) is 0 Å². The van der Waals surface area contributed by atoms with Gasteiger partial charge >= 0.3 is 12.5 Å². The van der Waals surface area contributed by atoms with Gasteiger partial charge in [-0.2, -0.15) is 8.78 Å². The molecule has 0 radical (unpaired) electrons. The number of urea groups is 1. The summed E-state index contributed by atoms with van der Waals surface area (Å²) >= 11 is 5.95. The lowest BCUT2D eigenvalue weighted by Gasteiger charge is -2.33. The number of piperidine rings is 1. The second kappa shape index (κ2) is 9.56. The van der Waals surface area contributed by atoms with E-state index in [4.69, 9.17) is 16.0 Å². The Morgan fingerprint density at radius 2 is 1.94 bits per heavy atom. The molecule has 168 valence electrons. The fourth-order valence-electron chi connectivity index (χ4n) is 3.42. The van der Waals surface area contributed by atoms with Gasteiger partial charge in [0.15, 0.2) is 0 Å². The van der Waals surface area contributed by atoms with Crippen LogP contribution in [0.1, 0.15) is 37.3 Å². The highest BCUT2D eigenvalue weighted by Gasteiger charge is 2.25. The summed E-state index contributed by atoms with van der Waals surface area (Å²) in [4.78, 5) is 20.8. The van der Waals surface area contributed by atoms with Gasteiger partial charge in [-0.15, -0.1) is 10.2 Å². The van der Waals surface area contributed by atoms with Crippen LogP contribution in [0.25, 0.3) is 11.5 Å². The van der Waals surface area contributed by atoms with Crippen LogP contribution >= 0.6 is 11.6 Å². The number of halogens is 4. The van der Waals surface area contributed by atoms with E-state index in [-0.39, 0.29) is 23.5 Å². The van der Waals surface area contributed by atoms with E-state index >= 15 is 0 Å². The van der Waals surface area contributed by atoms with Gasteiger partial charge in [0.2, 0.25) is 5.89 Å². The highest BCUT2D eigenvalue weighted by molar-refractivity contribution is 6.31. The minimum absolute atomic E-state index is 0.0779. The molecule has 0 atom stereocenters. The summed E-state index contributed by atoms with van der Waals surface area (Å²) in [7, 11) is 0. The predicted octanol–water partition coefficient (Wildman–Crippen LogP) is 5.47. The smallest absolute Gasteiger partial charge is 0.324 e. The van der Waals surface area contributed by atoms with Crippen LogP contribution in [0.3, 0.4) is 0 Å². The molecule has 3 heterocycles. The Hall–Kier alpha value is -3.14. The molecule has 4 rings (SSSR count). The Bertz CT molecular complexity index is 1090. The molecule has 1 saturated heterocycles. The molecule has 0 bridgehead atoms. The number of carbonyl (C=O) groups excluding carboxylic acids is 1. The standard InChI is InChI=1S/C21H19ClF3N5O2/c22-16-10-15(6-7-17(16)23)30(21(31)29-8-2-1-3-9-29)12-14-5-4-13(11-26-14)19-27-28-20(32-19)18(24)25/h4-7,10-11,18H,1-3,8-9,12H2. The molecule has 11 heteroatoms. The van der Waals surface area contributed by atoms with Crippen molar-refractivity contribution < 1.29 is 22.4 Å². The number of amides is 2. The fourth-order valence-corrected chi connectivity index (χ4v) is 3.60. The maximum atomic E-state index is 13.7. The number of alkyl halides is 2. The maximum Gasteiger partial charge on any atom is 0.324 e. The molecule has 0 saturated carbocycles. The first-order valence-electron chi connectivity index (χ1n) is 10.0. The quantitative estimate of drug-likeness (QED) is 0.499. The summed E-state index contributed by atoms with van der Waals surface area (Å²) in [6, 6.07) is 7.09. The molecule has 2 amide bonds. The molecule has 3 aromatic rings. The third-order valence-corrected chi connectivity index (χ3v) is 5.38. The van der Waals surface area contributed by atoms with E-state index in [0.717, 1.165) is 19.3 Å². The molecule has 0 N–H and O–H groups in total. The van der Waals surface area contributed by atoms with Gasteiger partial charge in [0.25, 0.3) is 5.89 Å². The predicted molar refractivity (Wildman–Crippen MR) is 111 cm³/mol. The molecule has 2 aromatic heterocycles. The number of anilines is 1. The summed E-state index contributed by atoms with van der Waals surface area (Å²) in [5.74, 6) is -1.42. The third kappa shape index (κ3) is 4.85. The van der Waals surface area contributed by atoms with Gasteiger partial charge in [0.1, 0.15) is 5.82 Å². The number of aromatic nitrogens is 3. The van der Waals surface area contributed by atoms with Gasteiger partial charge in [-0.05, 0) is 49.6 Å². The average molecular weight is 466 g/mol. The summed E-state index contributed by atoms with van der Waals surface area (Å²) < 4.78 is 43.9. The first-order valence-corrected chi connectivity index (χ1v) is 10.4. The lowest BCUT2D eigenvalue weighted by molar-refractivity contribution is 0.116. The molecular formula is C21H19ClF3N5O2. The Labute approximate surface area is 186 Å². The number of hydrogen-bond acceptors (Lipinski definition) is 5. The molecule has 0 unspecified atom stereocenters. The van der Waals surface area contributed by atoms with Crippen molar-refractivity contribution in [2.75, 3.05) is 18.0 Å². The number of carbonyl (C=O) groups is 1. The van der Waals surface area contributed by atoms with Crippen molar-refractivity contribution in [2.24, 2.45) is 0 Å². The number of nitrogens with zero attached hydrogens (tertiary/aromatic N) is 5. The molecule has 1 aliphatic rings. The van der Waals surface area contributed by atoms with Crippen molar-refractivity contribution in [3.05, 3.63) is 59.0 Å². The van der Waals surface area contributed by atoms with Crippen molar-refractivity contribution in [1.29, 1.82) is 0 Å². The van der Waals surface area contributed by atoms with Crippen LogP contribution in [0.4, 0.5) is 23.7 Å². The van der Waals surface area contributed by atoms with Gasteiger partial charge in [-0.25, -0.2) is 9.18 Å². The zero-order chi connectivity index (χ0) is 22.7.